The van der Waals surface area contributed by atoms with Crippen LogP contribution in [0.1, 0.15) is 40.0 Å². The molecule has 2 aliphatic rings. The van der Waals surface area contributed by atoms with Gasteiger partial charge in [-0.05, 0) is 18.8 Å². The van der Waals surface area contributed by atoms with Gasteiger partial charge in [0.15, 0.2) is 0 Å². The number of halogens is 3. The summed E-state index contributed by atoms with van der Waals surface area (Å²) >= 11 is 0. The van der Waals surface area contributed by atoms with E-state index >= 15 is 0 Å². The molecule has 1 fully saturated rings. The first-order chi connectivity index (χ1) is 9.10. The van der Waals surface area contributed by atoms with Crippen LogP contribution in [0.15, 0.2) is 5.10 Å². The monoisotopic (exact) mass is 292 g/mol. The van der Waals surface area contributed by atoms with E-state index < -0.39 is 29.6 Å². The van der Waals surface area contributed by atoms with E-state index in [0.29, 0.717) is 12.1 Å². The van der Waals surface area contributed by atoms with E-state index in [-0.39, 0.29) is 17.3 Å². The van der Waals surface area contributed by atoms with E-state index in [2.05, 4.69) is 5.10 Å². The van der Waals surface area contributed by atoms with Crippen LogP contribution in [0.3, 0.4) is 0 Å². The van der Waals surface area contributed by atoms with E-state index in [4.69, 9.17) is 0 Å². The maximum atomic E-state index is 13.4. The zero-order valence-corrected chi connectivity index (χ0v) is 11.7. The van der Waals surface area contributed by atoms with Gasteiger partial charge in [0, 0.05) is 11.6 Å². The van der Waals surface area contributed by atoms with E-state index in [1.54, 1.807) is 6.92 Å². The normalized spacial score (nSPS) is 34.2. The van der Waals surface area contributed by atoms with Crippen LogP contribution in [-0.2, 0) is 4.79 Å². The Morgan fingerprint density at radius 1 is 1.45 bits per heavy atom. The molecule has 7 heteroatoms. The summed E-state index contributed by atoms with van der Waals surface area (Å²) in [6.07, 6.45) is -3.41. The average molecular weight is 292 g/mol. The number of aliphatic hydroxyl groups is 1. The second-order valence-electron chi connectivity index (χ2n) is 5.94. The molecular formula is C13H19F3N2O2. The number of hydrogen-bond donors (Lipinski definition) is 1. The highest BCUT2D eigenvalue weighted by atomic mass is 19.4. The summed E-state index contributed by atoms with van der Waals surface area (Å²) in [5.74, 6) is -2.76. The number of nitrogens with zero attached hydrogens (tertiary/aromatic N) is 2. The summed E-state index contributed by atoms with van der Waals surface area (Å²) in [6, 6.07) is 0. The third-order valence-corrected chi connectivity index (χ3v) is 4.14. The van der Waals surface area contributed by atoms with Gasteiger partial charge in [-0.15, -0.1) is 0 Å². The Hall–Kier alpha value is -1.11. The number of rotatable bonds is 1. The second-order valence-corrected chi connectivity index (χ2v) is 5.94. The molecule has 0 saturated heterocycles. The van der Waals surface area contributed by atoms with Crippen molar-refractivity contribution in [3.8, 4) is 0 Å². The first kappa shape index (κ1) is 15.3. The zero-order chi connectivity index (χ0) is 15.3. The fraction of sp³-hybridized carbons (Fsp3) is 0.846. The number of carbonyl (C=O) groups excluding carboxylic acids is 1. The molecule has 1 aliphatic carbocycles. The average Bonchev–Trinajstić information content (AvgIpc) is 2.64. The van der Waals surface area contributed by atoms with Crippen molar-refractivity contribution in [2.75, 3.05) is 0 Å². The van der Waals surface area contributed by atoms with Crippen LogP contribution in [0, 0.1) is 17.8 Å². The van der Waals surface area contributed by atoms with Crippen molar-refractivity contribution < 1.29 is 23.1 Å². The van der Waals surface area contributed by atoms with Crippen molar-refractivity contribution in [1.29, 1.82) is 0 Å². The number of fused-ring (bicyclic) bond motifs is 1. The summed E-state index contributed by atoms with van der Waals surface area (Å²) in [5.41, 5.74) is -2.90. The van der Waals surface area contributed by atoms with Crippen molar-refractivity contribution >= 4 is 11.6 Å². The highest BCUT2D eigenvalue weighted by Gasteiger charge is 2.69. The largest absolute Gasteiger partial charge is 0.439 e. The Bertz CT molecular complexity index is 447. The highest BCUT2D eigenvalue weighted by molar-refractivity contribution is 5.95. The molecule has 1 aliphatic heterocycles. The van der Waals surface area contributed by atoms with Gasteiger partial charge >= 0.3 is 6.18 Å². The van der Waals surface area contributed by atoms with Gasteiger partial charge in [-0.2, -0.15) is 23.3 Å². The molecule has 1 N–H and O–H groups in total. The van der Waals surface area contributed by atoms with Gasteiger partial charge in [0.1, 0.15) is 0 Å². The van der Waals surface area contributed by atoms with E-state index in [9.17, 15) is 23.1 Å². The lowest BCUT2D eigenvalue weighted by atomic mass is 9.75. The van der Waals surface area contributed by atoms with Gasteiger partial charge in [-0.25, -0.2) is 0 Å². The Labute approximate surface area is 115 Å². The van der Waals surface area contributed by atoms with Crippen LogP contribution in [0.25, 0.3) is 0 Å². The maximum absolute atomic E-state index is 13.4. The maximum Gasteiger partial charge on any atom is 0.439 e. The topological polar surface area (TPSA) is 52.9 Å². The third-order valence-electron chi connectivity index (χ3n) is 4.14. The van der Waals surface area contributed by atoms with Crippen molar-refractivity contribution in [1.82, 2.24) is 5.01 Å². The highest BCUT2D eigenvalue weighted by Crippen LogP contribution is 2.49. The van der Waals surface area contributed by atoms with Crippen molar-refractivity contribution in [3.63, 3.8) is 0 Å². The zero-order valence-electron chi connectivity index (χ0n) is 11.7. The molecule has 1 saturated carbocycles. The minimum atomic E-state index is -4.93. The van der Waals surface area contributed by atoms with Crippen LogP contribution in [0.2, 0.25) is 0 Å². The van der Waals surface area contributed by atoms with Crippen molar-refractivity contribution in [3.05, 3.63) is 0 Å². The Morgan fingerprint density at radius 2 is 2.05 bits per heavy atom. The van der Waals surface area contributed by atoms with Crippen molar-refractivity contribution in [2.45, 2.75) is 51.9 Å². The van der Waals surface area contributed by atoms with Gasteiger partial charge in [0.2, 0.25) is 5.91 Å². The van der Waals surface area contributed by atoms with Gasteiger partial charge < -0.3 is 5.11 Å². The molecule has 3 atom stereocenters. The van der Waals surface area contributed by atoms with Gasteiger partial charge in [0.25, 0.3) is 5.72 Å². The SMILES string of the molecule is CC(C)C(=O)N1N=C2[C@H](C)CCC[C@H]2[C@@]1(O)C(F)(F)F. The van der Waals surface area contributed by atoms with Gasteiger partial charge in [-0.1, -0.05) is 27.2 Å². The van der Waals surface area contributed by atoms with Crippen LogP contribution >= 0.6 is 0 Å². The molecule has 0 aromatic heterocycles. The number of hydrazone groups is 1. The van der Waals surface area contributed by atoms with Gasteiger partial charge in [0.05, 0.1) is 5.92 Å². The van der Waals surface area contributed by atoms with Crippen LogP contribution in [0.4, 0.5) is 13.2 Å². The summed E-state index contributed by atoms with van der Waals surface area (Å²) in [4.78, 5) is 12.0. The fourth-order valence-electron chi connectivity index (χ4n) is 2.96. The minimum Gasteiger partial charge on any atom is -0.362 e. The molecular weight excluding hydrogens is 273 g/mol. The number of carbonyl (C=O) groups is 1. The molecule has 0 bridgehead atoms. The molecule has 0 unspecified atom stereocenters. The Morgan fingerprint density at radius 3 is 2.55 bits per heavy atom. The predicted molar refractivity (Wildman–Crippen MR) is 66.6 cm³/mol. The number of hydrogen-bond acceptors (Lipinski definition) is 3. The molecule has 1 heterocycles. The van der Waals surface area contributed by atoms with Crippen LogP contribution in [-0.4, -0.2) is 33.6 Å². The molecule has 0 aromatic carbocycles. The summed E-state index contributed by atoms with van der Waals surface area (Å²) < 4.78 is 40.2. The van der Waals surface area contributed by atoms with E-state index in [0.717, 1.165) is 6.42 Å². The molecule has 114 valence electrons. The first-order valence-electron chi connectivity index (χ1n) is 6.82. The van der Waals surface area contributed by atoms with Gasteiger partial charge in [-0.3, -0.25) is 4.79 Å². The minimum absolute atomic E-state index is 0.146. The molecule has 0 radical (unpaired) electrons. The van der Waals surface area contributed by atoms with Crippen LogP contribution < -0.4 is 0 Å². The molecule has 0 aromatic rings. The van der Waals surface area contributed by atoms with Crippen molar-refractivity contribution in [2.24, 2.45) is 22.9 Å². The van der Waals surface area contributed by atoms with Crippen LogP contribution in [0.5, 0.6) is 0 Å². The number of amides is 1. The second kappa shape index (κ2) is 4.72. The first-order valence-corrected chi connectivity index (χ1v) is 6.82. The summed E-state index contributed by atoms with van der Waals surface area (Å²) in [6.45, 7) is 4.76. The smallest absolute Gasteiger partial charge is 0.362 e. The molecule has 1 amide bonds. The van der Waals surface area contributed by atoms with E-state index in [1.807, 2.05) is 0 Å². The quantitative estimate of drug-likeness (QED) is 0.807. The lowest BCUT2D eigenvalue weighted by molar-refractivity contribution is -0.317. The third kappa shape index (κ3) is 2.03. The predicted octanol–water partition coefficient (Wildman–Crippen LogP) is 2.53. The Kier molecular flexibility index (Phi) is 3.60. The summed E-state index contributed by atoms with van der Waals surface area (Å²) in [7, 11) is 0. The molecule has 4 nitrogen and oxygen atoms in total. The molecule has 0 spiro atoms. The molecule has 20 heavy (non-hydrogen) atoms. The Balaban J connectivity index is 2.49. The molecule has 2 rings (SSSR count). The summed E-state index contributed by atoms with van der Waals surface area (Å²) in [5, 5.41) is 14.4. The lowest BCUT2D eigenvalue weighted by Crippen LogP contribution is -2.62. The lowest BCUT2D eigenvalue weighted by Gasteiger charge is -2.39. The standard InChI is InChI=1S/C13H19F3N2O2/c1-7(2)11(19)18-12(20,13(14,15)16)9-6-4-5-8(3)10(9)17-18/h7-9,20H,4-6H2,1-3H3/t8-,9-,12-/m1/s1. The fourth-order valence-corrected chi connectivity index (χ4v) is 2.96. The van der Waals surface area contributed by atoms with E-state index in [1.165, 1.54) is 13.8 Å². The number of alkyl halides is 3.